The molecule has 1 amide bonds. The molecule has 0 radical (unpaired) electrons. The van der Waals surface area contributed by atoms with Crippen LogP contribution in [0.15, 0.2) is 73.1 Å². The number of amides is 1. The van der Waals surface area contributed by atoms with Crippen LogP contribution in [0.5, 0.6) is 0 Å². The number of benzene rings is 2. The van der Waals surface area contributed by atoms with Crippen molar-refractivity contribution in [2.45, 2.75) is 25.8 Å². The smallest absolute Gasteiger partial charge is 0.225 e. The highest BCUT2D eigenvalue weighted by Crippen LogP contribution is 2.34. The van der Waals surface area contributed by atoms with Crippen LogP contribution >= 0.6 is 0 Å². The third kappa shape index (κ3) is 3.70. The number of imidazole rings is 1. The number of likely N-dealkylation sites (tertiary alicyclic amines) is 1. The monoisotopic (exact) mass is 461 g/mol. The van der Waals surface area contributed by atoms with E-state index in [4.69, 9.17) is 4.98 Å². The van der Waals surface area contributed by atoms with Gasteiger partial charge in [0.15, 0.2) is 5.65 Å². The molecule has 5 aromatic rings. The quantitative estimate of drug-likeness (QED) is 0.376. The van der Waals surface area contributed by atoms with E-state index in [-0.39, 0.29) is 0 Å². The van der Waals surface area contributed by atoms with Crippen LogP contribution in [-0.4, -0.2) is 43.4 Å². The van der Waals surface area contributed by atoms with E-state index in [1.807, 2.05) is 12.3 Å². The Balaban J connectivity index is 1.19. The molecule has 35 heavy (non-hydrogen) atoms. The molecule has 0 unspecified atom stereocenters. The van der Waals surface area contributed by atoms with Crippen molar-refractivity contribution >= 4 is 28.0 Å². The van der Waals surface area contributed by atoms with E-state index in [9.17, 15) is 4.79 Å². The molecule has 2 fully saturated rings. The van der Waals surface area contributed by atoms with E-state index >= 15 is 0 Å². The fourth-order valence-corrected chi connectivity index (χ4v) is 5.43. The zero-order valence-corrected chi connectivity index (χ0v) is 19.5. The predicted molar refractivity (Wildman–Crippen MR) is 138 cm³/mol. The summed E-state index contributed by atoms with van der Waals surface area (Å²) in [6.45, 7) is 2.56. The summed E-state index contributed by atoms with van der Waals surface area (Å²) in [7, 11) is 0. The van der Waals surface area contributed by atoms with Crippen molar-refractivity contribution in [1.29, 1.82) is 0 Å². The Hall–Kier alpha value is -3.93. The van der Waals surface area contributed by atoms with Gasteiger partial charge in [-0.3, -0.25) is 4.79 Å². The summed E-state index contributed by atoms with van der Waals surface area (Å²) in [4.78, 5) is 27.4. The van der Waals surface area contributed by atoms with Crippen molar-refractivity contribution in [3.63, 3.8) is 0 Å². The van der Waals surface area contributed by atoms with Gasteiger partial charge < -0.3 is 14.5 Å². The van der Waals surface area contributed by atoms with Crippen molar-refractivity contribution in [2.24, 2.45) is 11.8 Å². The first-order valence-electron chi connectivity index (χ1n) is 12.5. The van der Waals surface area contributed by atoms with Crippen LogP contribution in [-0.2, 0) is 11.3 Å². The van der Waals surface area contributed by atoms with Crippen LogP contribution in [0.2, 0.25) is 0 Å². The topological polar surface area (TPSA) is 66.8 Å². The van der Waals surface area contributed by atoms with E-state index in [1.54, 1.807) is 6.20 Å². The average Bonchev–Trinajstić information content (AvgIpc) is 3.30. The molecule has 1 aliphatic carbocycles. The zero-order valence-electron chi connectivity index (χ0n) is 19.5. The van der Waals surface area contributed by atoms with E-state index in [0.717, 1.165) is 67.0 Å². The Bertz CT molecular complexity index is 1540. The zero-order chi connectivity index (χ0) is 23.4. The minimum absolute atomic E-state index is 0.291. The van der Waals surface area contributed by atoms with Gasteiger partial charge >= 0.3 is 0 Å². The van der Waals surface area contributed by atoms with Gasteiger partial charge in [-0.1, -0.05) is 36.4 Å². The third-order valence-electron chi connectivity index (χ3n) is 7.52. The summed E-state index contributed by atoms with van der Waals surface area (Å²) < 4.78 is 2.30. The molecule has 1 saturated heterocycles. The molecule has 3 aromatic heterocycles. The Morgan fingerprint density at radius 1 is 0.971 bits per heavy atom. The fraction of sp³-hybridized carbons (Fsp3) is 0.276. The molecule has 0 bridgehead atoms. The molecular weight excluding hydrogens is 434 g/mol. The second-order valence-electron chi connectivity index (χ2n) is 9.96. The van der Waals surface area contributed by atoms with Gasteiger partial charge in [0.1, 0.15) is 5.82 Å². The van der Waals surface area contributed by atoms with Crippen LogP contribution < -0.4 is 0 Å². The first kappa shape index (κ1) is 20.4. The minimum Gasteiger partial charge on any atom is -0.361 e. The Kier molecular flexibility index (Phi) is 4.72. The normalized spacial score (nSPS) is 18.1. The van der Waals surface area contributed by atoms with Crippen LogP contribution in [0.4, 0.5) is 0 Å². The van der Waals surface area contributed by atoms with Gasteiger partial charge in [0.25, 0.3) is 0 Å². The van der Waals surface area contributed by atoms with Crippen LogP contribution in [0.1, 0.15) is 19.3 Å². The Labute approximate surface area is 203 Å². The second kappa shape index (κ2) is 8.08. The number of aromatic nitrogens is 4. The molecule has 4 heterocycles. The summed E-state index contributed by atoms with van der Waals surface area (Å²) in [5.41, 5.74) is 6.41. The van der Waals surface area contributed by atoms with Crippen LogP contribution in [0.25, 0.3) is 44.6 Å². The van der Waals surface area contributed by atoms with Crippen LogP contribution in [0, 0.1) is 11.8 Å². The summed E-state index contributed by atoms with van der Waals surface area (Å²) in [6, 6.07) is 21.3. The SMILES string of the molecule is O=C(C1CC1)N1CC[C@H](Cn2c(-c3ccc(-c4ccc5cc[nH]c5c4)cc3)nc3ncccc32)C1. The second-order valence-corrected chi connectivity index (χ2v) is 9.96. The van der Waals surface area contributed by atoms with Crippen molar-refractivity contribution in [2.75, 3.05) is 13.1 Å². The van der Waals surface area contributed by atoms with Gasteiger partial charge in [0, 0.05) is 49.0 Å². The molecule has 2 aromatic carbocycles. The van der Waals surface area contributed by atoms with Gasteiger partial charge in [-0.2, -0.15) is 0 Å². The highest BCUT2D eigenvalue weighted by Gasteiger charge is 2.36. The Morgan fingerprint density at radius 2 is 1.80 bits per heavy atom. The number of hydrogen-bond acceptors (Lipinski definition) is 3. The number of H-pyrrole nitrogens is 1. The number of nitrogens with one attached hydrogen (secondary N) is 1. The maximum Gasteiger partial charge on any atom is 0.225 e. The number of nitrogens with zero attached hydrogens (tertiary/aromatic N) is 4. The molecule has 1 N–H and O–H groups in total. The summed E-state index contributed by atoms with van der Waals surface area (Å²) in [5.74, 6) is 2.02. The molecule has 2 aliphatic rings. The van der Waals surface area contributed by atoms with Gasteiger partial charge in [0.2, 0.25) is 5.91 Å². The molecule has 1 atom stereocenters. The number of fused-ring (bicyclic) bond motifs is 2. The van der Waals surface area contributed by atoms with Crippen LogP contribution in [0.3, 0.4) is 0 Å². The largest absolute Gasteiger partial charge is 0.361 e. The summed E-state index contributed by atoms with van der Waals surface area (Å²) >= 11 is 0. The first-order valence-corrected chi connectivity index (χ1v) is 12.5. The number of aromatic amines is 1. The van der Waals surface area contributed by atoms with Crippen molar-refractivity contribution < 1.29 is 4.79 Å². The summed E-state index contributed by atoms with van der Waals surface area (Å²) in [5, 5.41) is 1.22. The van der Waals surface area contributed by atoms with Gasteiger partial charge in [-0.15, -0.1) is 0 Å². The molecule has 6 nitrogen and oxygen atoms in total. The van der Waals surface area contributed by atoms with Gasteiger partial charge in [0.05, 0.1) is 5.52 Å². The van der Waals surface area contributed by atoms with E-state index in [1.165, 1.54) is 16.5 Å². The summed E-state index contributed by atoms with van der Waals surface area (Å²) in [6.07, 6.45) is 6.95. The molecule has 6 heteroatoms. The van der Waals surface area contributed by atoms with E-state index in [0.29, 0.717) is 17.7 Å². The molecule has 1 aliphatic heterocycles. The maximum absolute atomic E-state index is 12.6. The number of hydrogen-bond donors (Lipinski definition) is 1. The fourth-order valence-electron chi connectivity index (χ4n) is 5.43. The number of pyridine rings is 1. The lowest BCUT2D eigenvalue weighted by Crippen LogP contribution is -2.30. The highest BCUT2D eigenvalue weighted by atomic mass is 16.2. The average molecular weight is 462 g/mol. The van der Waals surface area contributed by atoms with Gasteiger partial charge in [-0.25, -0.2) is 9.97 Å². The lowest BCUT2D eigenvalue weighted by atomic mass is 10.0. The third-order valence-corrected chi connectivity index (χ3v) is 7.52. The van der Waals surface area contributed by atoms with Crippen molar-refractivity contribution in [3.05, 3.63) is 73.1 Å². The number of rotatable bonds is 5. The highest BCUT2D eigenvalue weighted by molar-refractivity contribution is 5.85. The van der Waals surface area contributed by atoms with E-state index < -0.39 is 0 Å². The molecule has 1 saturated carbocycles. The standard InChI is InChI=1S/C29H27N5O/c35-29(23-8-9-23)33-15-12-19(17-33)18-34-26-2-1-13-31-27(26)32-28(34)22-6-3-20(4-7-22)24-10-5-21-11-14-30-25(21)16-24/h1-7,10-11,13-14,16,19,23,30H,8-9,12,15,17-18H2/t19-/m0/s1. The van der Waals surface area contributed by atoms with Crippen molar-refractivity contribution in [1.82, 2.24) is 24.4 Å². The predicted octanol–water partition coefficient (Wildman–Crippen LogP) is 5.51. The number of carbonyl (C=O) groups excluding carboxylic acids is 1. The van der Waals surface area contributed by atoms with E-state index in [2.05, 4.69) is 74.0 Å². The first-order chi connectivity index (χ1) is 17.2. The molecule has 7 rings (SSSR count). The lowest BCUT2D eigenvalue weighted by Gasteiger charge is -2.17. The Morgan fingerprint density at radius 3 is 2.66 bits per heavy atom. The number of carbonyl (C=O) groups is 1. The maximum atomic E-state index is 12.6. The molecular formula is C29H27N5O. The molecule has 0 spiro atoms. The molecule has 174 valence electrons. The lowest BCUT2D eigenvalue weighted by molar-refractivity contribution is -0.131. The van der Waals surface area contributed by atoms with Gasteiger partial charge in [-0.05, 0) is 66.0 Å². The minimum atomic E-state index is 0.291. The van der Waals surface area contributed by atoms with Crippen molar-refractivity contribution in [3.8, 4) is 22.5 Å².